The molecule has 0 aliphatic rings. The van der Waals surface area contributed by atoms with Crippen molar-refractivity contribution in [3.05, 3.63) is 63.6 Å². The second-order valence-corrected chi connectivity index (χ2v) is 5.32. The Morgan fingerprint density at radius 2 is 1.75 bits per heavy atom. The Morgan fingerprint density at radius 1 is 1.05 bits per heavy atom. The van der Waals surface area contributed by atoms with Crippen LogP contribution in [0.25, 0.3) is 0 Å². The third-order valence-electron chi connectivity index (χ3n) is 2.96. The lowest BCUT2D eigenvalue weighted by atomic mass is 10.0. The van der Waals surface area contributed by atoms with Crippen LogP contribution >= 0.6 is 23.2 Å². The van der Waals surface area contributed by atoms with Gasteiger partial charge in [-0.25, -0.2) is 0 Å². The van der Waals surface area contributed by atoms with Crippen molar-refractivity contribution >= 4 is 29.0 Å². The van der Waals surface area contributed by atoms with E-state index in [-0.39, 0.29) is 12.2 Å². The molecular weight excluding hydrogens is 295 g/mol. The summed E-state index contributed by atoms with van der Waals surface area (Å²) in [6.07, 6.45) is 0.651. The Hall–Kier alpha value is -1.51. The fourth-order valence-corrected chi connectivity index (χ4v) is 2.30. The number of methoxy groups -OCH3 is 1. The van der Waals surface area contributed by atoms with Gasteiger partial charge in [-0.1, -0.05) is 35.3 Å². The van der Waals surface area contributed by atoms with Crippen LogP contribution in [0.5, 0.6) is 5.75 Å². The van der Waals surface area contributed by atoms with E-state index in [0.717, 1.165) is 16.9 Å². The lowest BCUT2D eigenvalue weighted by Gasteiger charge is -2.06. The van der Waals surface area contributed by atoms with Crippen LogP contribution < -0.4 is 4.74 Å². The van der Waals surface area contributed by atoms with Gasteiger partial charge in [0.15, 0.2) is 0 Å². The lowest BCUT2D eigenvalue weighted by molar-refractivity contribution is -0.117. The van der Waals surface area contributed by atoms with Crippen molar-refractivity contribution in [2.45, 2.75) is 12.8 Å². The van der Waals surface area contributed by atoms with E-state index < -0.39 is 0 Å². The summed E-state index contributed by atoms with van der Waals surface area (Å²) < 4.78 is 5.08. The summed E-state index contributed by atoms with van der Waals surface area (Å²) in [7, 11) is 1.61. The molecule has 0 aliphatic carbocycles. The Morgan fingerprint density at radius 3 is 2.40 bits per heavy atom. The zero-order valence-corrected chi connectivity index (χ0v) is 12.5. The van der Waals surface area contributed by atoms with Gasteiger partial charge in [-0.3, -0.25) is 4.79 Å². The minimum absolute atomic E-state index is 0.0966. The third-order valence-corrected chi connectivity index (χ3v) is 3.56. The van der Waals surface area contributed by atoms with E-state index in [9.17, 15) is 4.79 Å². The summed E-state index contributed by atoms with van der Waals surface area (Å²) in [4.78, 5) is 12.1. The molecular formula is C16H14Cl2O2. The quantitative estimate of drug-likeness (QED) is 0.820. The van der Waals surface area contributed by atoms with Gasteiger partial charge < -0.3 is 4.74 Å². The number of rotatable bonds is 5. The smallest absolute Gasteiger partial charge is 0.141 e. The van der Waals surface area contributed by atoms with Crippen LogP contribution in [0.2, 0.25) is 10.0 Å². The average molecular weight is 309 g/mol. The van der Waals surface area contributed by atoms with Crippen molar-refractivity contribution in [1.82, 2.24) is 0 Å². The molecule has 0 aliphatic heterocycles. The Kier molecular flexibility index (Phi) is 5.05. The molecule has 0 bridgehead atoms. The SMILES string of the molecule is COc1ccc(CC(=O)Cc2cc(Cl)ccc2Cl)cc1. The number of halogens is 2. The highest BCUT2D eigenvalue weighted by atomic mass is 35.5. The van der Waals surface area contributed by atoms with Gasteiger partial charge in [-0.2, -0.15) is 0 Å². The zero-order chi connectivity index (χ0) is 14.5. The number of hydrogen-bond acceptors (Lipinski definition) is 2. The monoisotopic (exact) mass is 308 g/mol. The van der Waals surface area contributed by atoms with E-state index in [1.54, 1.807) is 25.3 Å². The number of ether oxygens (including phenoxy) is 1. The first-order valence-electron chi connectivity index (χ1n) is 6.17. The maximum absolute atomic E-state index is 12.1. The fraction of sp³-hybridized carbons (Fsp3) is 0.188. The van der Waals surface area contributed by atoms with Crippen LogP contribution in [0.15, 0.2) is 42.5 Å². The molecule has 0 fully saturated rings. The highest BCUT2D eigenvalue weighted by molar-refractivity contribution is 6.33. The Bertz CT molecular complexity index is 606. The van der Waals surface area contributed by atoms with Crippen LogP contribution in [-0.2, 0) is 17.6 Å². The third kappa shape index (κ3) is 3.99. The summed E-state index contributed by atoms with van der Waals surface area (Å²) >= 11 is 12.0. The van der Waals surface area contributed by atoms with Gasteiger partial charge in [0.05, 0.1) is 7.11 Å². The second-order valence-electron chi connectivity index (χ2n) is 4.48. The van der Waals surface area contributed by atoms with Crippen LogP contribution in [0.4, 0.5) is 0 Å². The van der Waals surface area contributed by atoms with Gasteiger partial charge in [0.1, 0.15) is 11.5 Å². The molecule has 0 N–H and O–H groups in total. The van der Waals surface area contributed by atoms with Crippen molar-refractivity contribution in [3.8, 4) is 5.75 Å². The molecule has 0 amide bonds. The second kappa shape index (κ2) is 6.78. The Labute approximate surface area is 128 Å². The zero-order valence-electron chi connectivity index (χ0n) is 11.0. The standard InChI is InChI=1S/C16H14Cl2O2/c1-20-15-5-2-11(3-6-15)8-14(19)10-12-9-13(17)4-7-16(12)18/h2-7,9H,8,10H2,1H3. The molecule has 0 heterocycles. The number of carbonyl (C=O) groups excluding carboxylic acids is 1. The predicted octanol–water partition coefficient (Wildman–Crippen LogP) is 4.36. The van der Waals surface area contributed by atoms with Gasteiger partial charge in [-0.05, 0) is 41.5 Å². The molecule has 2 aromatic rings. The molecule has 0 spiro atoms. The van der Waals surface area contributed by atoms with Gasteiger partial charge in [0.2, 0.25) is 0 Å². The number of carbonyl (C=O) groups is 1. The molecule has 2 nitrogen and oxygen atoms in total. The van der Waals surface area contributed by atoms with E-state index in [4.69, 9.17) is 27.9 Å². The summed E-state index contributed by atoms with van der Waals surface area (Å²) in [6, 6.07) is 12.6. The number of Topliss-reactive ketones (excluding diaryl/α,β-unsaturated/α-hetero) is 1. The fourth-order valence-electron chi connectivity index (χ4n) is 1.92. The molecule has 4 heteroatoms. The first-order valence-corrected chi connectivity index (χ1v) is 6.92. The van der Waals surface area contributed by atoms with Crippen molar-refractivity contribution < 1.29 is 9.53 Å². The van der Waals surface area contributed by atoms with Crippen LogP contribution in [-0.4, -0.2) is 12.9 Å². The summed E-state index contributed by atoms with van der Waals surface area (Å²) in [5.74, 6) is 0.874. The van der Waals surface area contributed by atoms with Crippen LogP contribution in [0, 0.1) is 0 Å². The molecule has 20 heavy (non-hydrogen) atoms. The number of hydrogen-bond donors (Lipinski definition) is 0. The minimum atomic E-state index is 0.0966. The van der Waals surface area contributed by atoms with Gasteiger partial charge in [-0.15, -0.1) is 0 Å². The Balaban J connectivity index is 2.03. The number of ketones is 1. The largest absolute Gasteiger partial charge is 0.497 e. The van der Waals surface area contributed by atoms with Crippen molar-refractivity contribution in [2.75, 3.05) is 7.11 Å². The molecule has 0 aromatic heterocycles. The summed E-state index contributed by atoms with van der Waals surface area (Å²) in [5, 5.41) is 1.15. The summed E-state index contributed by atoms with van der Waals surface area (Å²) in [6.45, 7) is 0. The maximum atomic E-state index is 12.1. The van der Waals surface area contributed by atoms with Gasteiger partial charge in [0, 0.05) is 22.9 Å². The number of benzene rings is 2. The average Bonchev–Trinajstić information content (AvgIpc) is 2.43. The maximum Gasteiger partial charge on any atom is 0.141 e. The topological polar surface area (TPSA) is 26.3 Å². The van der Waals surface area contributed by atoms with E-state index in [1.165, 1.54) is 0 Å². The van der Waals surface area contributed by atoms with Crippen LogP contribution in [0.1, 0.15) is 11.1 Å². The van der Waals surface area contributed by atoms with E-state index >= 15 is 0 Å². The van der Waals surface area contributed by atoms with E-state index in [2.05, 4.69) is 0 Å². The van der Waals surface area contributed by atoms with Crippen LogP contribution in [0.3, 0.4) is 0 Å². The molecule has 0 atom stereocenters. The van der Waals surface area contributed by atoms with Crippen molar-refractivity contribution in [3.63, 3.8) is 0 Å². The minimum Gasteiger partial charge on any atom is -0.497 e. The molecule has 2 rings (SSSR count). The first-order chi connectivity index (χ1) is 9.58. The predicted molar refractivity (Wildman–Crippen MR) is 81.9 cm³/mol. The lowest BCUT2D eigenvalue weighted by Crippen LogP contribution is -2.07. The highest BCUT2D eigenvalue weighted by Gasteiger charge is 2.09. The van der Waals surface area contributed by atoms with Crippen molar-refractivity contribution in [2.24, 2.45) is 0 Å². The normalized spacial score (nSPS) is 10.3. The molecule has 2 aromatic carbocycles. The van der Waals surface area contributed by atoms with E-state index in [0.29, 0.717) is 16.5 Å². The van der Waals surface area contributed by atoms with E-state index in [1.807, 2.05) is 24.3 Å². The van der Waals surface area contributed by atoms with Crippen molar-refractivity contribution in [1.29, 1.82) is 0 Å². The first kappa shape index (κ1) is 14.9. The molecule has 0 unspecified atom stereocenters. The molecule has 0 saturated carbocycles. The molecule has 0 radical (unpaired) electrons. The van der Waals surface area contributed by atoms with Gasteiger partial charge >= 0.3 is 0 Å². The highest BCUT2D eigenvalue weighted by Crippen LogP contribution is 2.22. The molecule has 104 valence electrons. The van der Waals surface area contributed by atoms with Gasteiger partial charge in [0.25, 0.3) is 0 Å². The molecule has 0 saturated heterocycles. The summed E-state index contributed by atoms with van der Waals surface area (Å²) in [5.41, 5.74) is 1.71.